The Balaban J connectivity index is 2.21. The quantitative estimate of drug-likeness (QED) is 0.898. The van der Waals surface area contributed by atoms with Gasteiger partial charge in [-0.15, -0.1) is 0 Å². The number of nitrogens with two attached hydrogens (primary N) is 1. The van der Waals surface area contributed by atoms with Crippen molar-refractivity contribution in [3.63, 3.8) is 0 Å². The van der Waals surface area contributed by atoms with Crippen LogP contribution in [0.4, 0.5) is 4.39 Å². The Hall–Kier alpha value is -1.58. The Labute approximate surface area is 110 Å². The lowest BCUT2D eigenvalue weighted by atomic mass is 10.1. The Morgan fingerprint density at radius 1 is 1.17 bits per heavy atom. The van der Waals surface area contributed by atoms with E-state index in [0.29, 0.717) is 5.75 Å². The lowest BCUT2D eigenvalue weighted by Gasteiger charge is -2.09. The summed E-state index contributed by atoms with van der Waals surface area (Å²) in [6, 6.07) is 11.8. The number of hydrogen-bond donors (Lipinski definition) is 1. The van der Waals surface area contributed by atoms with Crippen LogP contribution in [0.1, 0.15) is 18.5 Å². The van der Waals surface area contributed by atoms with E-state index in [1.807, 2.05) is 19.1 Å². The molecule has 0 aliphatic carbocycles. The minimum absolute atomic E-state index is 0.0399. The zero-order chi connectivity index (χ0) is 13.1. The summed E-state index contributed by atoms with van der Waals surface area (Å²) in [5.41, 5.74) is 6.74. The van der Waals surface area contributed by atoms with Crippen molar-refractivity contribution in [2.45, 2.75) is 13.0 Å². The molecule has 0 aliphatic heterocycles. The maximum absolute atomic E-state index is 13.6. The highest BCUT2D eigenvalue weighted by molar-refractivity contribution is 6.30. The minimum atomic E-state index is -0.560. The predicted octanol–water partition coefficient (Wildman–Crippen LogP) is 4.29. The molecule has 0 amide bonds. The average molecular weight is 266 g/mol. The van der Waals surface area contributed by atoms with Crippen LogP contribution >= 0.6 is 11.6 Å². The van der Waals surface area contributed by atoms with Gasteiger partial charge >= 0.3 is 0 Å². The third kappa shape index (κ3) is 2.81. The zero-order valence-electron chi connectivity index (χ0n) is 9.86. The molecule has 0 bridgehead atoms. The lowest BCUT2D eigenvalue weighted by molar-refractivity contribution is 0.442. The van der Waals surface area contributed by atoms with E-state index >= 15 is 0 Å². The molecule has 2 N–H and O–H groups in total. The number of ether oxygens (including phenoxy) is 1. The second-order valence-electron chi connectivity index (χ2n) is 4.01. The van der Waals surface area contributed by atoms with E-state index in [1.54, 1.807) is 18.2 Å². The molecular formula is C14H13ClFNO. The fraction of sp³-hybridized carbons (Fsp3) is 0.143. The van der Waals surface area contributed by atoms with E-state index < -0.39 is 5.82 Å². The van der Waals surface area contributed by atoms with Crippen LogP contribution in [-0.4, -0.2) is 0 Å². The van der Waals surface area contributed by atoms with Gasteiger partial charge in [0.1, 0.15) is 5.75 Å². The Morgan fingerprint density at radius 2 is 1.83 bits per heavy atom. The van der Waals surface area contributed by atoms with Crippen LogP contribution in [0.2, 0.25) is 5.02 Å². The van der Waals surface area contributed by atoms with E-state index in [9.17, 15) is 4.39 Å². The smallest absolute Gasteiger partial charge is 0.184 e. The van der Waals surface area contributed by atoms with Gasteiger partial charge < -0.3 is 10.5 Å². The summed E-state index contributed by atoms with van der Waals surface area (Å²) in [5, 5.41) is 0.0414. The molecule has 0 saturated carbocycles. The van der Waals surface area contributed by atoms with Gasteiger partial charge in [-0.25, -0.2) is 4.39 Å². The Bertz CT molecular complexity index is 540. The van der Waals surface area contributed by atoms with Gasteiger partial charge in [-0.1, -0.05) is 29.8 Å². The summed E-state index contributed by atoms with van der Waals surface area (Å²) in [6.07, 6.45) is 0. The molecule has 0 unspecified atom stereocenters. The molecule has 2 aromatic carbocycles. The van der Waals surface area contributed by atoms with Crippen LogP contribution < -0.4 is 10.5 Å². The minimum Gasteiger partial charge on any atom is -0.454 e. The van der Waals surface area contributed by atoms with Crippen molar-refractivity contribution >= 4 is 11.6 Å². The maximum atomic E-state index is 13.6. The van der Waals surface area contributed by atoms with Gasteiger partial charge in [0.05, 0.1) is 5.02 Å². The number of halogens is 2. The normalized spacial score (nSPS) is 12.2. The molecule has 0 aromatic heterocycles. The van der Waals surface area contributed by atoms with E-state index in [2.05, 4.69) is 0 Å². The van der Waals surface area contributed by atoms with Crippen molar-refractivity contribution in [3.8, 4) is 11.5 Å². The summed E-state index contributed by atoms with van der Waals surface area (Å²) >= 11 is 5.68. The highest BCUT2D eigenvalue weighted by Gasteiger charge is 2.08. The van der Waals surface area contributed by atoms with Crippen LogP contribution in [0, 0.1) is 5.82 Å². The summed E-state index contributed by atoms with van der Waals surface area (Å²) in [7, 11) is 0. The molecule has 0 spiro atoms. The molecule has 0 saturated heterocycles. The largest absolute Gasteiger partial charge is 0.454 e. The molecule has 4 heteroatoms. The maximum Gasteiger partial charge on any atom is 0.184 e. The van der Waals surface area contributed by atoms with Crippen molar-refractivity contribution in [1.82, 2.24) is 0 Å². The van der Waals surface area contributed by atoms with Crippen LogP contribution in [0.3, 0.4) is 0 Å². The van der Waals surface area contributed by atoms with Gasteiger partial charge in [0, 0.05) is 6.04 Å². The molecule has 0 radical (unpaired) electrons. The highest BCUT2D eigenvalue weighted by atomic mass is 35.5. The van der Waals surface area contributed by atoms with E-state index in [4.69, 9.17) is 22.1 Å². The number of rotatable bonds is 3. The third-order valence-electron chi connectivity index (χ3n) is 2.55. The van der Waals surface area contributed by atoms with Crippen molar-refractivity contribution in [2.75, 3.05) is 0 Å². The molecule has 2 nitrogen and oxygen atoms in total. The van der Waals surface area contributed by atoms with Crippen LogP contribution in [0.5, 0.6) is 11.5 Å². The van der Waals surface area contributed by atoms with Gasteiger partial charge in [0.2, 0.25) is 0 Å². The number of benzene rings is 2. The molecule has 94 valence electrons. The van der Waals surface area contributed by atoms with Crippen molar-refractivity contribution in [3.05, 3.63) is 58.9 Å². The van der Waals surface area contributed by atoms with Gasteiger partial charge in [-0.2, -0.15) is 0 Å². The van der Waals surface area contributed by atoms with Crippen LogP contribution in [-0.2, 0) is 0 Å². The van der Waals surface area contributed by atoms with Gasteiger partial charge in [-0.05, 0) is 36.8 Å². The molecule has 0 fully saturated rings. The SMILES string of the molecule is C[C@H](N)c1ccc(Oc2cccc(Cl)c2F)cc1. The first kappa shape index (κ1) is 12.9. The van der Waals surface area contributed by atoms with Crippen LogP contribution in [0.25, 0.3) is 0 Å². The first-order valence-electron chi connectivity index (χ1n) is 5.55. The summed E-state index contributed by atoms with van der Waals surface area (Å²) in [5.74, 6) is 0.0899. The molecule has 1 atom stereocenters. The van der Waals surface area contributed by atoms with Gasteiger partial charge in [0.25, 0.3) is 0 Å². The van der Waals surface area contributed by atoms with Crippen molar-refractivity contribution < 1.29 is 9.13 Å². The summed E-state index contributed by atoms with van der Waals surface area (Å²) in [6.45, 7) is 1.90. The molecule has 0 aliphatic rings. The fourth-order valence-corrected chi connectivity index (χ4v) is 1.70. The molecular weight excluding hydrogens is 253 g/mol. The fourth-order valence-electron chi connectivity index (χ4n) is 1.53. The summed E-state index contributed by atoms with van der Waals surface area (Å²) < 4.78 is 19.0. The van der Waals surface area contributed by atoms with Crippen LogP contribution in [0.15, 0.2) is 42.5 Å². The average Bonchev–Trinajstić information content (AvgIpc) is 2.36. The second-order valence-corrected chi connectivity index (χ2v) is 4.42. The predicted molar refractivity (Wildman–Crippen MR) is 70.5 cm³/mol. The van der Waals surface area contributed by atoms with E-state index in [1.165, 1.54) is 12.1 Å². The third-order valence-corrected chi connectivity index (χ3v) is 2.84. The standard InChI is InChI=1S/C14H13ClFNO/c1-9(17)10-5-7-11(8-6-10)18-13-4-2-3-12(15)14(13)16/h2-9H,17H2,1H3/t9-/m0/s1. The Kier molecular flexibility index (Phi) is 3.84. The molecule has 2 rings (SSSR count). The zero-order valence-corrected chi connectivity index (χ0v) is 10.6. The van der Waals surface area contributed by atoms with Gasteiger partial charge in [0.15, 0.2) is 11.6 Å². The van der Waals surface area contributed by atoms with Crippen molar-refractivity contribution in [2.24, 2.45) is 5.73 Å². The molecule has 2 aromatic rings. The molecule has 18 heavy (non-hydrogen) atoms. The van der Waals surface area contributed by atoms with E-state index in [-0.39, 0.29) is 16.8 Å². The van der Waals surface area contributed by atoms with Gasteiger partial charge in [-0.3, -0.25) is 0 Å². The highest BCUT2D eigenvalue weighted by Crippen LogP contribution is 2.29. The monoisotopic (exact) mass is 265 g/mol. The molecule has 0 heterocycles. The summed E-state index contributed by atoms with van der Waals surface area (Å²) in [4.78, 5) is 0. The lowest BCUT2D eigenvalue weighted by Crippen LogP contribution is -2.04. The topological polar surface area (TPSA) is 35.2 Å². The van der Waals surface area contributed by atoms with Crippen molar-refractivity contribution in [1.29, 1.82) is 0 Å². The second kappa shape index (κ2) is 5.38. The van der Waals surface area contributed by atoms with E-state index in [0.717, 1.165) is 5.56 Å². The first-order valence-corrected chi connectivity index (χ1v) is 5.93. The first-order chi connectivity index (χ1) is 8.58. The Morgan fingerprint density at radius 3 is 2.44 bits per heavy atom. The number of hydrogen-bond acceptors (Lipinski definition) is 2.